The van der Waals surface area contributed by atoms with Gasteiger partial charge >= 0.3 is 0 Å². The van der Waals surface area contributed by atoms with Crippen molar-refractivity contribution in [2.24, 2.45) is 0 Å². The Balaban J connectivity index is 1.83. The van der Waals surface area contributed by atoms with Crippen LogP contribution in [0.5, 0.6) is 0 Å². The number of rotatable bonds is 6. The Labute approximate surface area is 181 Å². The summed E-state index contributed by atoms with van der Waals surface area (Å²) in [4.78, 5) is 31.5. The number of anilines is 1. The number of benzene rings is 2. The van der Waals surface area contributed by atoms with E-state index >= 15 is 0 Å². The summed E-state index contributed by atoms with van der Waals surface area (Å²) < 4.78 is 0. The number of carbonyl (C=O) groups excluding carboxylic acids is 2. The van der Waals surface area contributed by atoms with Crippen molar-refractivity contribution >= 4 is 34.4 Å². The fourth-order valence-electron chi connectivity index (χ4n) is 3.79. The normalized spacial score (nSPS) is 14.0. The molecule has 0 saturated heterocycles. The zero-order chi connectivity index (χ0) is 21.3. The summed E-state index contributed by atoms with van der Waals surface area (Å²) in [5.74, 6) is -0.507. The average molecular weight is 417 g/mol. The third kappa shape index (κ3) is 3.57. The highest BCUT2D eigenvalue weighted by Gasteiger charge is 2.43. The lowest BCUT2D eigenvalue weighted by Crippen LogP contribution is -2.35. The van der Waals surface area contributed by atoms with Crippen LogP contribution in [0.3, 0.4) is 0 Å². The number of aryl methyl sites for hydroxylation is 2. The highest BCUT2D eigenvalue weighted by molar-refractivity contribution is 7.11. The van der Waals surface area contributed by atoms with Crippen LogP contribution in [0.2, 0.25) is 0 Å². The molecule has 0 aliphatic carbocycles. The van der Waals surface area contributed by atoms with E-state index in [9.17, 15) is 9.59 Å². The Morgan fingerprint density at radius 1 is 0.933 bits per heavy atom. The van der Waals surface area contributed by atoms with Crippen LogP contribution >= 0.6 is 11.3 Å². The third-order valence-electron chi connectivity index (χ3n) is 5.35. The maximum Gasteiger partial charge on any atom is 0.282 e. The minimum atomic E-state index is -0.255. The number of thiophene rings is 1. The van der Waals surface area contributed by atoms with Gasteiger partial charge in [0.1, 0.15) is 5.70 Å². The number of nitrogens with zero attached hydrogens (tertiary/aromatic N) is 2. The Morgan fingerprint density at radius 2 is 1.70 bits per heavy atom. The minimum Gasteiger partial charge on any atom is -0.362 e. The number of hydrogen-bond acceptors (Lipinski definition) is 4. The maximum atomic E-state index is 13.7. The van der Waals surface area contributed by atoms with Gasteiger partial charge < -0.3 is 4.90 Å². The molecule has 30 heavy (non-hydrogen) atoms. The Kier molecular flexibility index (Phi) is 5.55. The molecule has 152 valence electrons. The van der Waals surface area contributed by atoms with E-state index in [-0.39, 0.29) is 11.8 Å². The monoisotopic (exact) mass is 416 g/mol. The summed E-state index contributed by atoms with van der Waals surface area (Å²) in [6, 6.07) is 19.7. The molecule has 1 aliphatic heterocycles. The number of likely N-dealkylation sites (N-methyl/N-ethyl adjacent to an activating group) is 1. The summed E-state index contributed by atoms with van der Waals surface area (Å²) in [5, 5.41) is 1.94. The molecule has 0 N–H and O–H groups in total. The number of imide groups is 1. The molecule has 3 aromatic rings. The van der Waals surface area contributed by atoms with Crippen LogP contribution in [0.4, 0.5) is 5.69 Å². The fourth-order valence-corrected chi connectivity index (χ4v) is 4.55. The highest BCUT2D eigenvalue weighted by Crippen LogP contribution is 2.38. The lowest BCUT2D eigenvalue weighted by atomic mass is 10.1. The quantitative estimate of drug-likeness (QED) is 0.521. The summed E-state index contributed by atoms with van der Waals surface area (Å²) in [6.45, 7) is 7.11. The summed E-state index contributed by atoms with van der Waals surface area (Å²) in [7, 11) is 0. The first kappa shape index (κ1) is 20.1. The van der Waals surface area contributed by atoms with Crippen molar-refractivity contribution in [1.29, 1.82) is 0 Å². The summed E-state index contributed by atoms with van der Waals surface area (Å²) in [5.41, 5.74) is 4.65. The van der Waals surface area contributed by atoms with E-state index in [1.165, 1.54) is 16.2 Å². The van der Waals surface area contributed by atoms with Gasteiger partial charge in [-0.15, -0.1) is 11.3 Å². The van der Waals surface area contributed by atoms with Gasteiger partial charge in [-0.2, -0.15) is 0 Å². The van der Waals surface area contributed by atoms with Crippen molar-refractivity contribution in [2.75, 3.05) is 11.4 Å². The van der Waals surface area contributed by atoms with Gasteiger partial charge in [-0.1, -0.05) is 48.5 Å². The van der Waals surface area contributed by atoms with Crippen molar-refractivity contribution in [3.63, 3.8) is 0 Å². The predicted molar refractivity (Wildman–Crippen MR) is 122 cm³/mol. The van der Waals surface area contributed by atoms with E-state index in [1.54, 1.807) is 0 Å². The van der Waals surface area contributed by atoms with Crippen LogP contribution in [-0.2, 0) is 16.1 Å². The van der Waals surface area contributed by atoms with Crippen LogP contribution in [0.25, 0.3) is 5.57 Å². The number of amides is 2. The van der Waals surface area contributed by atoms with Gasteiger partial charge in [-0.25, -0.2) is 4.90 Å². The lowest BCUT2D eigenvalue weighted by molar-refractivity contribution is -0.120. The second kappa shape index (κ2) is 8.28. The molecule has 0 spiro atoms. The second-order valence-electron chi connectivity index (χ2n) is 7.44. The molecular weight excluding hydrogens is 392 g/mol. The van der Waals surface area contributed by atoms with E-state index in [1.807, 2.05) is 91.7 Å². The van der Waals surface area contributed by atoms with Crippen molar-refractivity contribution in [1.82, 2.24) is 4.90 Å². The molecule has 2 aromatic carbocycles. The van der Waals surface area contributed by atoms with E-state index in [0.717, 1.165) is 21.6 Å². The zero-order valence-corrected chi connectivity index (χ0v) is 18.2. The molecule has 0 fully saturated rings. The Hall–Kier alpha value is -3.18. The standard InChI is InChI=1S/C25H24N2O2S/c1-4-26(16-19-9-6-5-7-10-19)23-22(21-11-8-14-30-21)24(28)27(25(23)29)20-15-17(2)12-13-18(20)3/h5-15H,4,16H2,1-3H3. The van der Waals surface area contributed by atoms with Gasteiger partial charge in [0.2, 0.25) is 0 Å². The highest BCUT2D eigenvalue weighted by atomic mass is 32.1. The molecule has 1 aliphatic rings. The molecule has 0 atom stereocenters. The molecule has 0 radical (unpaired) electrons. The van der Waals surface area contributed by atoms with Gasteiger partial charge in [-0.05, 0) is 55.0 Å². The fraction of sp³-hybridized carbons (Fsp3) is 0.200. The first-order valence-electron chi connectivity index (χ1n) is 10.0. The molecule has 2 amide bonds. The van der Waals surface area contributed by atoms with Crippen molar-refractivity contribution in [2.45, 2.75) is 27.3 Å². The molecule has 4 nitrogen and oxygen atoms in total. The Morgan fingerprint density at radius 3 is 2.37 bits per heavy atom. The van der Waals surface area contributed by atoms with E-state index < -0.39 is 0 Å². The van der Waals surface area contributed by atoms with Crippen LogP contribution in [0.15, 0.2) is 71.7 Å². The summed E-state index contributed by atoms with van der Waals surface area (Å²) >= 11 is 1.48. The molecule has 1 aromatic heterocycles. The van der Waals surface area contributed by atoms with E-state index in [4.69, 9.17) is 0 Å². The van der Waals surface area contributed by atoms with Gasteiger partial charge in [0.25, 0.3) is 11.8 Å². The maximum absolute atomic E-state index is 13.7. The molecule has 5 heteroatoms. The molecule has 0 unspecified atom stereocenters. The van der Waals surface area contributed by atoms with Crippen molar-refractivity contribution in [3.05, 3.63) is 93.3 Å². The lowest BCUT2D eigenvalue weighted by Gasteiger charge is -2.25. The van der Waals surface area contributed by atoms with Crippen LogP contribution in [-0.4, -0.2) is 23.3 Å². The van der Waals surface area contributed by atoms with Gasteiger partial charge in [0.05, 0.1) is 11.3 Å². The predicted octanol–water partition coefficient (Wildman–Crippen LogP) is 5.17. The zero-order valence-electron chi connectivity index (χ0n) is 17.4. The topological polar surface area (TPSA) is 40.6 Å². The Bertz CT molecular complexity index is 1120. The number of hydrogen-bond donors (Lipinski definition) is 0. The summed E-state index contributed by atoms with van der Waals surface area (Å²) in [6.07, 6.45) is 0. The van der Waals surface area contributed by atoms with Crippen LogP contribution in [0, 0.1) is 13.8 Å². The van der Waals surface area contributed by atoms with E-state index in [0.29, 0.717) is 30.0 Å². The third-order valence-corrected chi connectivity index (χ3v) is 6.23. The van der Waals surface area contributed by atoms with Crippen molar-refractivity contribution < 1.29 is 9.59 Å². The first-order valence-corrected chi connectivity index (χ1v) is 10.9. The molecular formula is C25H24N2O2S. The minimum absolute atomic E-state index is 0.252. The van der Waals surface area contributed by atoms with Crippen LogP contribution < -0.4 is 4.90 Å². The van der Waals surface area contributed by atoms with Crippen LogP contribution in [0.1, 0.15) is 28.5 Å². The van der Waals surface area contributed by atoms with Crippen molar-refractivity contribution in [3.8, 4) is 0 Å². The van der Waals surface area contributed by atoms with E-state index in [2.05, 4.69) is 0 Å². The second-order valence-corrected chi connectivity index (χ2v) is 8.38. The average Bonchev–Trinajstić information content (AvgIpc) is 3.35. The SMILES string of the molecule is CCN(Cc1ccccc1)C1=C(c2cccs2)C(=O)N(c2cc(C)ccc2C)C1=O. The number of carbonyl (C=O) groups is 2. The van der Waals surface area contributed by atoms with Gasteiger partial charge in [-0.3, -0.25) is 9.59 Å². The van der Waals surface area contributed by atoms with Gasteiger partial charge in [0, 0.05) is 18.0 Å². The molecule has 0 bridgehead atoms. The largest absolute Gasteiger partial charge is 0.362 e. The first-order chi connectivity index (χ1) is 14.5. The van der Waals surface area contributed by atoms with Gasteiger partial charge in [0.15, 0.2) is 0 Å². The molecule has 4 rings (SSSR count). The smallest absolute Gasteiger partial charge is 0.282 e. The molecule has 0 saturated carbocycles. The molecule has 2 heterocycles.